The maximum atomic E-state index is 10.5. The number of nitrogens with one attached hydrogen (secondary N) is 1. The lowest BCUT2D eigenvalue weighted by Crippen LogP contribution is -2.11. The maximum absolute atomic E-state index is 10.5. The molecule has 0 bridgehead atoms. The minimum Gasteiger partial charge on any atom is -0.408 e. The Balaban J connectivity index is 1.98. The first-order chi connectivity index (χ1) is 9.36. The largest absolute Gasteiger partial charge is 0.408 e. The van der Waals surface area contributed by atoms with E-state index >= 15 is 0 Å². The molecule has 7 heteroatoms. The van der Waals surface area contributed by atoms with Crippen LogP contribution in [-0.2, 0) is 12.0 Å². The number of non-ortho nitro benzene ring substituents is 1. The maximum Gasteiger partial charge on any atom is 0.315 e. The van der Waals surface area contributed by atoms with E-state index in [-0.39, 0.29) is 11.1 Å². The Morgan fingerprint density at radius 1 is 1.25 bits per heavy atom. The molecule has 20 heavy (non-hydrogen) atoms. The second-order valence-corrected chi connectivity index (χ2v) is 5.44. The van der Waals surface area contributed by atoms with E-state index in [0.29, 0.717) is 18.5 Å². The first kappa shape index (κ1) is 14.0. The number of hydrogen-bond donors (Lipinski definition) is 1. The summed E-state index contributed by atoms with van der Waals surface area (Å²) in [7, 11) is 0. The van der Waals surface area contributed by atoms with Crippen molar-refractivity contribution < 1.29 is 9.34 Å². The van der Waals surface area contributed by atoms with Gasteiger partial charge in [-0.25, -0.2) is 0 Å². The van der Waals surface area contributed by atoms with Crippen molar-refractivity contribution >= 4 is 11.7 Å². The average molecular weight is 276 g/mol. The van der Waals surface area contributed by atoms with Crippen LogP contribution in [0.15, 0.2) is 28.7 Å². The van der Waals surface area contributed by atoms with Gasteiger partial charge in [0.15, 0.2) is 0 Å². The van der Waals surface area contributed by atoms with Crippen LogP contribution >= 0.6 is 0 Å². The topological polar surface area (TPSA) is 94.1 Å². The molecular formula is C13H16N4O3. The van der Waals surface area contributed by atoms with Gasteiger partial charge in [-0.05, 0) is 5.56 Å². The molecule has 0 spiro atoms. The molecule has 1 heterocycles. The molecule has 0 fully saturated rings. The summed E-state index contributed by atoms with van der Waals surface area (Å²) < 4.78 is 5.49. The quantitative estimate of drug-likeness (QED) is 0.681. The summed E-state index contributed by atoms with van der Waals surface area (Å²) in [6.45, 7) is 6.42. The van der Waals surface area contributed by atoms with Crippen LogP contribution in [0.2, 0.25) is 0 Å². The van der Waals surface area contributed by atoms with Gasteiger partial charge in [0.1, 0.15) is 0 Å². The Labute approximate surface area is 116 Å². The Hall–Kier alpha value is -2.44. The van der Waals surface area contributed by atoms with E-state index in [0.717, 1.165) is 5.56 Å². The number of rotatable bonds is 4. The van der Waals surface area contributed by atoms with Crippen molar-refractivity contribution in [1.29, 1.82) is 0 Å². The molecule has 0 radical (unpaired) electrons. The highest BCUT2D eigenvalue weighted by Gasteiger charge is 2.21. The standard InChI is InChI=1S/C13H16N4O3/c1-13(2,3)11-15-16-12(20-11)14-8-9-4-6-10(7-5-9)17(18)19/h4-7H,8H2,1-3H3,(H,14,16). The summed E-state index contributed by atoms with van der Waals surface area (Å²) in [6.07, 6.45) is 0. The van der Waals surface area contributed by atoms with E-state index in [2.05, 4.69) is 15.5 Å². The van der Waals surface area contributed by atoms with Gasteiger partial charge >= 0.3 is 6.01 Å². The molecule has 0 aliphatic rings. The summed E-state index contributed by atoms with van der Waals surface area (Å²) in [5, 5.41) is 21.4. The lowest BCUT2D eigenvalue weighted by molar-refractivity contribution is -0.384. The molecule has 0 atom stereocenters. The molecular weight excluding hydrogens is 260 g/mol. The van der Waals surface area contributed by atoms with Crippen molar-refractivity contribution in [1.82, 2.24) is 10.2 Å². The minimum atomic E-state index is -0.426. The van der Waals surface area contributed by atoms with E-state index < -0.39 is 4.92 Å². The van der Waals surface area contributed by atoms with Gasteiger partial charge in [0.05, 0.1) is 4.92 Å². The highest BCUT2D eigenvalue weighted by Crippen LogP contribution is 2.22. The number of aromatic nitrogens is 2. The highest BCUT2D eigenvalue weighted by atomic mass is 16.6. The van der Waals surface area contributed by atoms with Crippen LogP contribution in [0.1, 0.15) is 32.2 Å². The first-order valence-electron chi connectivity index (χ1n) is 6.17. The number of anilines is 1. The molecule has 0 amide bonds. The van der Waals surface area contributed by atoms with Crippen molar-refractivity contribution in [2.24, 2.45) is 0 Å². The lowest BCUT2D eigenvalue weighted by Gasteiger charge is -2.11. The number of benzene rings is 1. The molecule has 0 aliphatic carbocycles. The third kappa shape index (κ3) is 3.31. The zero-order valence-corrected chi connectivity index (χ0v) is 11.6. The van der Waals surface area contributed by atoms with E-state index in [4.69, 9.17) is 4.42 Å². The van der Waals surface area contributed by atoms with Gasteiger partial charge in [-0.1, -0.05) is 38.0 Å². The van der Waals surface area contributed by atoms with Crippen molar-refractivity contribution in [3.8, 4) is 0 Å². The number of hydrogen-bond acceptors (Lipinski definition) is 6. The molecule has 106 valence electrons. The Kier molecular flexibility index (Phi) is 3.69. The molecule has 0 saturated heterocycles. The van der Waals surface area contributed by atoms with Crippen LogP contribution in [0, 0.1) is 10.1 Å². The summed E-state index contributed by atoms with van der Waals surface area (Å²) in [5.74, 6) is 0.559. The fourth-order valence-electron chi connectivity index (χ4n) is 1.51. The van der Waals surface area contributed by atoms with Crippen LogP contribution in [0.3, 0.4) is 0 Å². The molecule has 2 rings (SSSR count). The lowest BCUT2D eigenvalue weighted by atomic mass is 9.97. The van der Waals surface area contributed by atoms with Crippen LogP contribution in [0.25, 0.3) is 0 Å². The Morgan fingerprint density at radius 2 is 1.90 bits per heavy atom. The second kappa shape index (κ2) is 5.28. The zero-order chi connectivity index (χ0) is 14.8. The molecule has 2 aromatic rings. The van der Waals surface area contributed by atoms with Gasteiger partial charge in [0.2, 0.25) is 5.89 Å². The fraction of sp³-hybridized carbons (Fsp3) is 0.385. The van der Waals surface area contributed by atoms with Crippen LogP contribution in [-0.4, -0.2) is 15.1 Å². The van der Waals surface area contributed by atoms with Gasteiger partial charge in [-0.3, -0.25) is 10.1 Å². The second-order valence-electron chi connectivity index (χ2n) is 5.44. The first-order valence-corrected chi connectivity index (χ1v) is 6.17. The zero-order valence-electron chi connectivity index (χ0n) is 11.6. The minimum absolute atomic E-state index is 0.0709. The fourth-order valence-corrected chi connectivity index (χ4v) is 1.51. The Morgan fingerprint density at radius 3 is 2.40 bits per heavy atom. The number of nitro groups is 1. The molecule has 1 aromatic carbocycles. The highest BCUT2D eigenvalue weighted by molar-refractivity contribution is 5.34. The predicted octanol–water partition coefficient (Wildman–Crippen LogP) is 2.89. The Bertz CT molecular complexity index is 599. The summed E-state index contributed by atoms with van der Waals surface area (Å²) >= 11 is 0. The van der Waals surface area contributed by atoms with E-state index in [1.165, 1.54) is 12.1 Å². The van der Waals surface area contributed by atoms with Crippen LogP contribution in [0.4, 0.5) is 11.7 Å². The predicted molar refractivity (Wildman–Crippen MR) is 73.4 cm³/mol. The molecule has 0 aliphatic heterocycles. The average Bonchev–Trinajstić information content (AvgIpc) is 2.85. The molecule has 0 unspecified atom stereocenters. The molecule has 0 saturated carbocycles. The van der Waals surface area contributed by atoms with E-state index in [1.54, 1.807) is 12.1 Å². The summed E-state index contributed by atoms with van der Waals surface area (Å²) in [4.78, 5) is 10.1. The number of nitrogens with zero attached hydrogens (tertiary/aromatic N) is 3. The smallest absolute Gasteiger partial charge is 0.315 e. The van der Waals surface area contributed by atoms with Gasteiger partial charge in [0.25, 0.3) is 5.69 Å². The third-order valence-corrected chi connectivity index (χ3v) is 2.66. The van der Waals surface area contributed by atoms with Crippen LogP contribution < -0.4 is 5.32 Å². The third-order valence-electron chi connectivity index (χ3n) is 2.66. The van der Waals surface area contributed by atoms with Crippen molar-refractivity contribution in [2.75, 3.05) is 5.32 Å². The van der Waals surface area contributed by atoms with Crippen molar-refractivity contribution in [3.05, 3.63) is 45.8 Å². The number of nitro benzene ring substituents is 1. The van der Waals surface area contributed by atoms with Gasteiger partial charge in [-0.2, -0.15) is 0 Å². The van der Waals surface area contributed by atoms with Crippen LogP contribution in [0.5, 0.6) is 0 Å². The molecule has 7 nitrogen and oxygen atoms in total. The SMILES string of the molecule is CC(C)(C)c1nnc(NCc2ccc([N+](=O)[O-])cc2)o1. The molecule has 1 aromatic heterocycles. The van der Waals surface area contributed by atoms with Gasteiger partial charge in [-0.15, -0.1) is 5.10 Å². The normalized spacial score (nSPS) is 11.3. The van der Waals surface area contributed by atoms with Gasteiger partial charge < -0.3 is 9.73 Å². The summed E-state index contributed by atoms with van der Waals surface area (Å²) in [5.41, 5.74) is 0.771. The van der Waals surface area contributed by atoms with E-state index in [1.807, 2.05) is 20.8 Å². The van der Waals surface area contributed by atoms with Crippen molar-refractivity contribution in [3.63, 3.8) is 0 Å². The monoisotopic (exact) mass is 276 g/mol. The molecule has 1 N–H and O–H groups in total. The summed E-state index contributed by atoms with van der Waals surface area (Å²) in [6, 6.07) is 6.64. The van der Waals surface area contributed by atoms with Gasteiger partial charge in [0, 0.05) is 24.1 Å². The van der Waals surface area contributed by atoms with E-state index in [9.17, 15) is 10.1 Å². The van der Waals surface area contributed by atoms with Crippen molar-refractivity contribution in [2.45, 2.75) is 32.7 Å².